The van der Waals surface area contributed by atoms with Crippen LogP contribution in [-0.4, -0.2) is 37.1 Å². The molecule has 0 aliphatic carbocycles. The second-order valence-corrected chi connectivity index (χ2v) is 7.88. The Morgan fingerprint density at radius 2 is 1.69 bits per heavy atom. The zero-order valence-electron chi connectivity index (χ0n) is 19.1. The van der Waals surface area contributed by atoms with Gasteiger partial charge in [0.05, 0.1) is 6.21 Å². The number of rotatable bonds is 9. The van der Waals surface area contributed by atoms with Gasteiger partial charge in [-0.2, -0.15) is 5.10 Å². The van der Waals surface area contributed by atoms with E-state index in [4.69, 9.17) is 16.3 Å². The molecule has 3 rings (SSSR count). The summed E-state index contributed by atoms with van der Waals surface area (Å²) in [6, 6.07) is 21.7. The Labute approximate surface area is 208 Å². The van der Waals surface area contributed by atoms with Crippen molar-refractivity contribution in [2.45, 2.75) is 13.3 Å². The van der Waals surface area contributed by atoms with Gasteiger partial charge in [-0.05, 0) is 48.7 Å². The second-order valence-electron chi connectivity index (χ2n) is 7.48. The monoisotopic (exact) mass is 492 g/mol. The molecule has 3 aromatic rings. The highest BCUT2D eigenvalue weighted by Gasteiger charge is 2.12. The highest BCUT2D eigenvalue weighted by atomic mass is 35.5. The summed E-state index contributed by atoms with van der Waals surface area (Å²) in [4.78, 5) is 36.2. The number of nitrogens with zero attached hydrogens (tertiary/aromatic N) is 1. The van der Waals surface area contributed by atoms with Gasteiger partial charge < -0.3 is 15.4 Å². The van der Waals surface area contributed by atoms with Gasteiger partial charge in [-0.1, -0.05) is 60.1 Å². The van der Waals surface area contributed by atoms with Crippen molar-refractivity contribution in [3.8, 4) is 5.75 Å². The Morgan fingerprint density at radius 3 is 2.49 bits per heavy atom. The molecule has 35 heavy (non-hydrogen) atoms. The third kappa shape index (κ3) is 7.97. The normalized spacial score (nSPS) is 10.6. The lowest BCUT2D eigenvalue weighted by Crippen LogP contribution is -2.38. The van der Waals surface area contributed by atoms with E-state index in [0.29, 0.717) is 35.0 Å². The molecule has 0 saturated carbocycles. The fraction of sp³-hybridized carbons (Fsp3) is 0.154. The standard InChI is InChI=1S/C26H25ClN4O4/c1-18-21(27)11-7-12-22(18)30-24(32)17-35-23-13-6-5-10-20(23)16-29-31-26(34)25(33)28-15-14-19-8-3-2-4-9-19/h2-13,16H,14-15,17H2,1H3,(H,28,33)(H,30,32)(H,31,34)/b29-16-. The number of nitrogens with one attached hydrogen (secondary N) is 3. The maximum Gasteiger partial charge on any atom is 0.329 e. The van der Waals surface area contributed by atoms with Crippen LogP contribution in [0.25, 0.3) is 0 Å². The number of benzene rings is 3. The van der Waals surface area contributed by atoms with Crippen molar-refractivity contribution in [3.63, 3.8) is 0 Å². The number of hydrogen-bond acceptors (Lipinski definition) is 5. The molecule has 0 heterocycles. The molecule has 0 bridgehead atoms. The molecule has 0 unspecified atom stereocenters. The van der Waals surface area contributed by atoms with Gasteiger partial charge in [0.1, 0.15) is 5.75 Å². The van der Waals surface area contributed by atoms with Crippen LogP contribution in [-0.2, 0) is 20.8 Å². The Bertz CT molecular complexity index is 1210. The Hall–Kier alpha value is -4.17. The lowest BCUT2D eigenvalue weighted by atomic mass is 10.1. The Morgan fingerprint density at radius 1 is 0.943 bits per heavy atom. The van der Waals surface area contributed by atoms with Gasteiger partial charge in [-0.15, -0.1) is 0 Å². The third-order valence-corrected chi connectivity index (χ3v) is 5.35. The summed E-state index contributed by atoms with van der Waals surface area (Å²) < 4.78 is 5.61. The molecule has 0 aliphatic heterocycles. The van der Waals surface area contributed by atoms with Crippen LogP contribution in [0.15, 0.2) is 77.9 Å². The van der Waals surface area contributed by atoms with Gasteiger partial charge in [-0.25, -0.2) is 5.43 Å². The van der Waals surface area contributed by atoms with Gasteiger partial charge in [0.25, 0.3) is 5.91 Å². The molecule has 0 radical (unpaired) electrons. The van der Waals surface area contributed by atoms with E-state index in [9.17, 15) is 14.4 Å². The van der Waals surface area contributed by atoms with Crippen molar-refractivity contribution < 1.29 is 19.1 Å². The first kappa shape index (κ1) is 25.5. The zero-order valence-corrected chi connectivity index (χ0v) is 19.8. The number of halogens is 1. The molecular weight excluding hydrogens is 468 g/mol. The Balaban J connectivity index is 1.47. The third-order valence-electron chi connectivity index (χ3n) is 4.94. The average molecular weight is 493 g/mol. The molecule has 3 N–H and O–H groups in total. The fourth-order valence-corrected chi connectivity index (χ4v) is 3.22. The summed E-state index contributed by atoms with van der Waals surface area (Å²) >= 11 is 6.08. The van der Waals surface area contributed by atoms with Gasteiger partial charge in [-0.3, -0.25) is 14.4 Å². The molecule has 3 amide bonds. The van der Waals surface area contributed by atoms with E-state index in [1.54, 1.807) is 42.5 Å². The van der Waals surface area contributed by atoms with Crippen molar-refractivity contribution in [2.24, 2.45) is 5.10 Å². The molecule has 9 heteroatoms. The first-order chi connectivity index (χ1) is 16.9. The number of amides is 3. The van der Waals surface area contributed by atoms with Crippen molar-refractivity contribution in [1.82, 2.24) is 10.7 Å². The van der Waals surface area contributed by atoms with Crippen LogP contribution in [0.1, 0.15) is 16.7 Å². The molecule has 0 atom stereocenters. The van der Waals surface area contributed by atoms with E-state index in [-0.39, 0.29) is 12.5 Å². The minimum atomic E-state index is -0.885. The van der Waals surface area contributed by atoms with Gasteiger partial charge in [0.15, 0.2) is 6.61 Å². The molecular formula is C26H25ClN4O4. The minimum Gasteiger partial charge on any atom is -0.483 e. The van der Waals surface area contributed by atoms with Gasteiger partial charge in [0, 0.05) is 22.8 Å². The summed E-state index contributed by atoms with van der Waals surface area (Å²) in [7, 11) is 0. The highest BCUT2D eigenvalue weighted by Crippen LogP contribution is 2.23. The molecule has 3 aromatic carbocycles. The van der Waals surface area contributed by atoms with Crippen molar-refractivity contribution in [2.75, 3.05) is 18.5 Å². The first-order valence-electron chi connectivity index (χ1n) is 10.9. The maximum atomic E-state index is 12.3. The van der Waals surface area contributed by atoms with Crippen molar-refractivity contribution in [1.29, 1.82) is 0 Å². The van der Waals surface area contributed by atoms with Crippen LogP contribution < -0.4 is 20.8 Å². The summed E-state index contributed by atoms with van der Waals surface area (Å²) in [5.41, 5.74) is 5.12. The molecule has 0 fully saturated rings. The smallest absolute Gasteiger partial charge is 0.329 e. The molecule has 0 aliphatic rings. The van der Waals surface area contributed by atoms with E-state index < -0.39 is 11.8 Å². The van der Waals surface area contributed by atoms with E-state index >= 15 is 0 Å². The number of para-hydroxylation sites is 1. The number of carbonyl (C=O) groups excluding carboxylic acids is 3. The zero-order chi connectivity index (χ0) is 25.0. The second kappa shape index (κ2) is 12.9. The Kier molecular flexibility index (Phi) is 9.39. The quantitative estimate of drug-likeness (QED) is 0.241. The van der Waals surface area contributed by atoms with E-state index in [1.165, 1.54) is 6.21 Å². The first-order valence-corrected chi connectivity index (χ1v) is 11.2. The summed E-state index contributed by atoms with van der Waals surface area (Å²) in [6.07, 6.45) is 1.95. The van der Waals surface area contributed by atoms with E-state index in [2.05, 4.69) is 21.2 Å². The molecule has 0 saturated heterocycles. The van der Waals surface area contributed by atoms with Crippen LogP contribution in [0.3, 0.4) is 0 Å². The number of hydrazone groups is 1. The number of hydrogen-bond donors (Lipinski definition) is 3. The average Bonchev–Trinajstić information content (AvgIpc) is 2.86. The molecule has 0 aromatic heterocycles. The largest absolute Gasteiger partial charge is 0.483 e. The predicted molar refractivity (Wildman–Crippen MR) is 136 cm³/mol. The maximum absolute atomic E-state index is 12.3. The van der Waals surface area contributed by atoms with Crippen LogP contribution in [0.2, 0.25) is 5.02 Å². The lowest BCUT2D eigenvalue weighted by Gasteiger charge is -2.11. The topological polar surface area (TPSA) is 109 Å². The SMILES string of the molecule is Cc1c(Cl)cccc1NC(=O)COc1ccccc1/C=N\NC(=O)C(=O)NCCc1ccccc1. The van der Waals surface area contributed by atoms with Crippen LogP contribution >= 0.6 is 11.6 Å². The van der Waals surface area contributed by atoms with Crippen LogP contribution in [0.5, 0.6) is 5.75 Å². The minimum absolute atomic E-state index is 0.243. The molecule has 0 spiro atoms. The highest BCUT2D eigenvalue weighted by molar-refractivity contribution is 6.35. The predicted octanol–water partition coefficient (Wildman–Crippen LogP) is 3.47. The van der Waals surface area contributed by atoms with E-state index in [1.807, 2.05) is 37.3 Å². The van der Waals surface area contributed by atoms with E-state index in [0.717, 1.165) is 11.1 Å². The lowest BCUT2D eigenvalue weighted by molar-refractivity contribution is -0.139. The summed E-state index contributed by atoms with van der Waals surface area (Å²) in [5.74, 6) is -1.64. The number of ether oxygens (including phenoxy) is 1. The van der Waals surface area contributed by atoms with Crippen LogP contribution in [0, 0.1) is 6.92 Å². The van der Waals surface area contributed by atoms with Gasteiger partial charge >= 0.3 is 11.8 Å². The summed E-state index contributed by atoms with van der Waals surface area (Å²) in [6.45, 7) is 1.89. The van der Waals surface area contributed by atoms with Crippen molar-refractivity contribution >= 4 is 41.2 Å². The molecule has 8 nitrogen and oxygen atoms in total. The van der Waals surface area contributed by atoms with Crippen molar-refractivity contribution in [3.05, 3.63) is 94.5 Å². The number of carbonyl (C=O) groups is 3. The van der Waals surface area contributed by atoms with Gasteiger partial charge in [0.2, 0.25) is 0 Å². The summed E-state index contributed by atoms with van der Waals surface area (Å²) in [5, 5.41) is 9.68. The molecule has 180 valence electrons. The number of anilines is 1. The van der Waals surface area contributed by atoms with Crippen LogP contribution in [0.4, 0.5) is 5.69 Å². The fourth-order valence-electron chi connectivity index (χ4n) is 3.05.